The summed E-state index contributed by atoms with van der Waals surface area (Å²) < 4.78 is 5.71. The fraction of sp³-hybridized carbons (Fsp3) is 0.400. The summed E-state index contributed by atoms with van der Waals surface area (Å²) in [4.78, 5) is 18.9. The Hall–Kier alpha value is -2.20. The molecule has 126 valence electrons. The van der Waals surface area contributed by atoms with Gasteiger partial charge in [0.05, 0.1) is 11.7 Å². The van der Waals surface area contributed by atoms with Crippen LogP contribution in [0.2, 0.25) is 0 Å². The molecule has 4 heteroatoms. The Balaban J connectivity index is 1.68. The van der Waals surface area contributed by atoms with Crippen LogP contribution in [-0.2, 0) is 11.2 Å². The second-order valence-electron chi connectivity index (χ2n) is 6.40. The van der Waals surface area contributed by atoms with Crippen molar-refractivity contribution >= 4 is 5.91 Å². The summed E-state index contributed by atoms with van der Waals surface area (Å²) in [6.07, 6.45) is 3.74. The van der Waals surface area contributed by atoms with E-state index in [-0.39, 0.29) is 12.0 Å². The van der Waals surface area contributed by atoms with Gasteiger partial charge in [-0.3, -0.25) is 9.78 Å². The van der Waals surface area contributed by atoms with E-state index in [1.54, 1.807) is 13.3 Å². The summed E-state index contributed by atoms with van der Waals surface area (Å²) >= 11 is 0. The number of carbonyl (C=O) groups excluding carboxylic acids is 1. The smallest absolute Gasteiger partial charge is 0.255 e. The topological polar surface area (TPSA) is 42.4 Å². The van der Waals surface area contributed by atoms with Crippen LogP contribution in [0.4, 0.5) is 0 Å². The van der Waals surface area contributed by atoms with Gasteiger partial charge < -0.3 is 9.64 Å². The van der Waals surface area contributed by atoms with E-state index in [2.05, 4.69) is 29.2 Å². The number of carbonyl (C=O) groups is 1. The first kappa shape index (κ1) is 16.7. The molecule has 1 aliphatic heterocycles. The van der Waals surface area contributed by atoms with Crippen molar-refractivity contribution in [1.82, 2.24) is 9.88 Å². The molecule has 0 unspecified atom stereocenters. The van der Waals surface area contributed by atoms with Crippen LogP contribution in [0.3, 0.4) is 0 Å². The molecule has 0 saturated carbocycles. The highest BCUT2D eigenvalue weighted by atomic mass is 16.5. The van der Waals surface area contributed by atoms with Gasteiger partial charge in [-0.15, -0.1) is 0 Å². The second kappa shape index (κ2) is 7.58. The molecule has 0 radical (unpaired) electrons. The predicted molar refractivity (Wildman–Crippen MR) is 93.9 cm³/mol. The fourth-order valence-corrected chi connectivity index (χ4v) is 3.45. The number of amides is 1. The van der Waals surface area contributed by atoms with E-state index < -0.39 is 0 Å². The standard InChI is InChI=1S/C20H24N2O2/c1-15-18(9-6-11-21-15)20(23)22-12-10-17(19(14-22)24-2)13-16-7-4-3-5-8-16/h3-9,11,17,19H,10,12-14H2,1-2H3/t17-,19+/m1/s1. The minimum atomic E-state index is 0.0563. The molecule has 1 aliphatic rings. The van der Waals surface area contributed by atoms with Gasteiger partial charge in [-0.1, -0.05) is 30.3 Å². The van der Waals surface area contributed by atoms with Crippen molar-refractivity contribution in [1.29, 1.82) is 0 Å². The van der Waals surface area contributed by atoms with Crippen LogP contribution in [0.25, 0.3) is 0 Å². The molecule has 24 heavy (non-hydrogen) atoms. The van der Waals surface area contributed by atoms with Crippen molar-refractivity contribution in [2.45, 2.75) is 25.9 Å². The van der Waals surface area contributed by atoms with E-state index in [1.807, 2.05) is 30.0 Å². The SMILES string of the molecule is CO[C@H]1CN(C(=O)c2cccnc2C)CC[C@@H]1Cc1ccccc1. The normalized spacial score (nSPS) is 20.8. The van der Waals surface area contributed by atoms with Crippen LogP contribution in [0.5, 0.6) is 0 Å². The van der Waals surface area contributed by atoms with Crippen LogP contribution in [0.15, 0.2) is 48.7 Å². The predicted octanol–water partition coefficient (Wildman–Crippen LogP) is 3.11. The maximum Gasteiger partial charge on any atom is 0.255 e. The number of hydrogen-bond acceptors (Lipinski definition) is 3. The molecule has 0 N–H and O–H groups in total. The Morgan fingerprint density at radius 2 is 2.04 bits per heavy atom. The lowest BCUT2D eigenvalue weighted by Crippen LogP contribution is -2.48. The van der Waals surface area contributed by atoms with Gasteiger partial charge in [0.2, 0.25) is 0 Å². The molecule has 2 aromatic rings. The van der Waals surface area contributed by atoms with Gasteiger partial charge in [-0.05, 0) is 43.4 Å². The molecule has 2 heterocycles. The van der Waals surface area contributed by atoms with E-state index >= 15 is 0 Å². The Labute approximate surface area is 143 Å². The number of aromatic nitrogens is 1. The van der Waals surface area contributed by atoms with Crippen LogP contribution < -0.4 is 0 Å². The highest BCUT2D eigenvalue weighted by Gasteiger charge is 2.32. The number of methoxy groups -OCH3 is 1. The third-order valence-corrected chi connectivity index (χ3v) is 4.86. The molecule has 0 aliphatic carbocycles. The summed E-state index contributed by atoms with van der Waals surface area (Å²) in [5, 5.41) is 0. The molecule has 2 atom stereocenters. The quantitative estimate of drug-likeness (QED) is 0.868. The van der Waals surface area contributed by atoms with E-state index in [9.17, 15) is 4.79 Å². The average Bonchev–Trinajstić information content (AvgIpc) is 2.63. The van der Waals surface area contributed by atoms with Gasteiger partial charge in [0.25, 0.3) is 5.91 Å². The van der Waals surface area contributed by atoms with E-state index in [0.717, 1.165) is 25.1 Å². The number of hydrogen-bond donors (Lipinski definition) is 0. The Bertz CT molecular complexity index is 687. The Morgan fingerprint density at radius 1 is 1.25 bits per heavy atom. The zero-order valence-corrected chi connectivity index (χ0v) is 14.3. The molecular weight excluding hydrogens is 300 g/mol. The average molecular weight is 324 g/mol. The summed E-state index contributed by atoms with van der Waals surface area (Å²) in [6, 6.07) is 14.2. The maximum absolute atomic E-state index is 12.8. The van der Waals surface area contributed by atoms with E-state index in [1.165, 1.54) is 5.56 Å². The van der Waals surface area contributed by atoms with Crippen molar-refractivity contribution in [2.24, 2.45) is 5.92 Å². The molecule has 1 aromatic carbocycles. The molecule has 1 fully saturated rings. The molecule has 1 saturated heterocycles. The summed E-state index contributed by atoms with van der Waals surface area (Å²) in [6.45, 7) is 3.29. The molecule has 0 bridgehead atoms. The maximum atomic E-state index is 12.8. The monoisotopic (exact) mass is 324 g/mol. The summed E-state index contributed by atoms with van der Waals surface area (Å²) in [7, 11) is 1.74. The lowest BCUT2D eigenvalue weighted by Gasteiger charge is -2.38. The van der Waals surface area contributed by atoms with Crippen LogP contribution >= 0.6 is 0 Å². The second-order valence-corrected chi connectivity index (χ2v) is 6.40. The number of aryl methyl sites for hydroxylation is 1. The number of nitrogens with zero attached hydrogens (tertiary/aromatic N) is 2. The first-order valence-corrected chi connectivity index (χ1v) is 8.46. The zero-order valence-electron chi connectivity index (χ0n) is 14.3. The zero-order chi connectivity index (χ0) is 16.9. The molecule has 3 rings (SSSR count). The molecule has 1 aromatic heterocycles. The number of piperidine rings is 1. The third kappa shape index (κ3) is 3.65. The molecule has 4 nitrogen and oxygen atoms in total. The lowest BCUT2D eigenvalue weighted by molar-refractivity contribution is -0.00700. The first-order chi connectivity index (χ1) is 11.7. The molecular formula is C20H24N2O2. The molecule has 1 amide bonds. The van der Waals surface area contributed by atoms with Gasteiger partial charge in [0.15, 0.2) is 0 Å². The highest BCUT2D eigenvalue weighted by molar-refractivity contribution is 5.95. The van der Waals surface area contributed by atoms with Gasteiger partial charge >= 0.3 is 0 Å². The van der Waals surface area contributed by atoms with Gasteiger partial charge in [0.1, 0.15) is 0 Å². The number of rotatable bonds is 4. The number of benzene rings is 1. The highest BCUT2D eigenvalue weighted by Crippen LogP contribution is 2.25. The first-order valence-electron chi connectivity index (χ1n) is 8.46. The van der Waals surface area contributed by atoms with Crippen molar-refractivity contribution in [3.63, 3.8) is 0 Å². The van der Waals surface area contributed by atoms with Crippen LogP contribution in [0.1, 0.15) is 28.0 Å². The van der Waals surface area contributed by atoms with Crippen molar-refractivity contribution in [3.8, 4) is 0 Å². The summed E-state index contributed by atoms with van der Waals surface area (Å²) in [5.41, 5.74) is 2.80. The third-order valence-electron chi connectivity index (χ3n) is 4.86. The van der Waals surface area contributed by atoms with Crippen molar-refractivity contribution in [2.75, 3.05) is 20.2 Å². The number of pyridine rings is 1. The Kier molecular flexibility index (Phi) is 5.26. The molecule has 0 spiro atoms. The van der Waals surface area contributed by atoms with Crippen molar-refractivity contribution in [3.05, 3.63) is 65.5 Å². The minimum absolute atomic E-state index is 0.0563. The van der Waals surface area contributed by atoms with Gasteiger partial charge in [-0.25, -0.2) is 0 Å². The fourth-order valence-electron chi connectivity index (χ4n) is 3.45. The van der Waals surface area contributed by atoms with E-state index in [0.29, 0.717) is 18.0 Å². The van der Waals surface area contributed by atoms with Crippen molar-refractivity contribution < 1.29 is 9.53 Å². The van der Waals surface area contributed by atoms with Gasteiger partial charge in [0, 0.05) is 32.1 Å². The number of likely N-dealkylation sites (tertiary alicyclic amines) is 1. The Morgan fingerprint density at radius 3 is 2.75 bits per heavy atom. The number of ether oxygens (including phenoxy) is 1. The summed E-state index contributed by atoms with van der Waals surface area (Å²) in [5.74, 6) is 0.497. The largest absolute Gasteiger partial charge is 0.379 e. The minimum Gasteiger partial charge on any atom is -0.379 e. The van der Waals surface area contributed by atoms with Gasteiger partial charge in [-0.2, -0.15) is 0 Å². The van der Waals surface area contributed by atoms with Crippen LogP contribution in [0, 0.1) is 12.8 Å². The lowest BCUT2D eigenvalue weighted by atomic mass is 9.87. The van der Waals surface area contributed by atoms with Crippen LogP contribution in [-0.4, -0.2) is 42.1 Å². The van der Waals surface area contributed by atoms with E-state index in [4.69, 9.17) is 4.74 Å².